The number of thiophene rings is 1. The van der Waals surface area contributed by atoms with Crippen LogP contribution in [0.25, 0.3) is 0 Å². The zero-order valence-corrected chi connectivity index (χ0v) is 8.87. The van der Waals surface area contributed by atoms with Gasteiger partial charge in [-0.15, -0.1) is 11.3 Å². The molecule has 0 unspecified atom stereocenters. The van der Waals surface area contributed by atoms with Crippen LogP contribution in [0.4, 0.5) is 0 Å². The third-order valence-corrected chi connectivity index (χ3v) is 3.03. The fourth-order valence-electron chi connectivity index (χ4n) is 0.999. The van der Waals surface area contributed by atoms with Crippen molar-refractivity contribution >= 4 is 11.3 Å². The van der Waals surface area contributed by atoms with E-state index in [1.165, 1.54) is 16.2 Å². The predicted octanol–water partition coefficient (Wildman–Crippen LogP) is 2.94. The van der Waals surface area contributed by atoms with Crippen molar-refractivity contribution in [2.24, 2.45) is 0 Å². The van der Waals surface area contributed by atoms with E-state index in [4.69, 9.17) is 0 Å². The van der Waals surface area contributed by atoms with Crippen LogP contribution in [0.3, 0.4) is 0 Å². The maximum Gasteiger partial charge on any atom is 0.0302 e. The third-order valence-electron chi connectivity index (χ3n) is 2.03. The van der Waals surface area contributed by atoms with Gasteiger partial charge in [0.1, 0.15) is 0 Å². The van der Waals surface area contributed by atoms with Gasteiger partial charge in [0.2, 0.25) is 0 Å². The predicted molar refractivity (Wildman–Crippen MR) is 55.6 cm³/mol. The summed E-state index contributed by atoms with van der Waals surface area (Å²) in [5.74, 6) is 0. The van der Waals surface area contributed by atoms with Crippen LogP contribution in [0.15, 0.2) is 12.1 Å². The number of rotatable bonds is 4. The average molecular weight is 183 g/mol. The van der Waals surface area contributed by atoms with Crippen molar-refractivity contribution in [3.63, 3.8) is 0 Å². The van der Waals surface area contributed by atoms with Crippen LogP contribution in [0.2, 0.25) is 0 Å². The largest absolute Gasteiger partial charge is 0.309 e. The molecule has 1 rings (SSSR count). The molecule has 1 nitrogen and oxygen atoms in total. The molecule has 0 aliphatic heterocycles. The maximum absolute atomic E-state index is 3.47. The second kappa shape index (κ2) is 4.63. The number of hydrogen-bond acceptors (Lipinski definition) is 2. The Balaban J connectivity index is 2.33. The summed E-state index contributed by atoms with van der Waals surface area (Å²) in [7, 11) is 0. The topological polar surface area (TPSA) is 12.0 Å². The molecule has 0 saturated carbocycles. The van der Waals surface area contributed by atoms with Gasteiger partial charge >= 0.3 is 0 Å². The third kappa shape index (κ3) is 2.95. The lowest BCUT2D eigenvalue weighted by Gasteiger charge is -2.09. The molecule has 0 fully saturated rings. The van der Waals surface area contributed by atoms with Crippen molar-refractivity contribution in [2.45, 2.75) is 39.8 Å². The normalized spacial score (nSPS) is 13.2. The number of hydrogen-bond donors (Lipinski definition) is 1. The summed E-state index contributed by atoms with van der Waals surface area (Å²) < 4.78 is 0. The van der Waals surface area contributed by atoms with Gasteiger partial charge in [-0.3, -0.25) is 0 Å². The van der Waals surface area contributed by atoms with Crippen molar-refractivity contribution in [3.8, 4) is 0 Å². The van der Waals surface area contributed by atoms with Gasteiger partial charge in [-0.25, -0.2) is 0 Å². The number of aryl methyl sites for hydroxylation is 1. The molecule has 0 aliphatic rings. The van der Waals surface area contributed by atoms with E-state index in [9.17, 15) is 0 Å². The highest BCUT2D eigenvalue weighted by atomic mass is 32.1. The molecule has 0 aromatic carbocycles. The molecule has 0 spiro atoms. The first-order valence-electron chi connectivity index (χ1n) is 4.51. The Hall–Kier alpha value is -0.340. The second-order valence-electron chi connectivity index (χ2n) is 3.20. The Morgan fingerprint density at radius 3 is 2.75 bits per heavy atom. The lowest BCUT2D eigenvalue weighted by molar-refractivity contribution is 0.537. The fourth-order valence-corrected chi connectivity index (χ4v) is 1.84. The molecule has 0 saturated heterocycles. The quantitative estimate of drug-likeness (QED) is 0.756. The summed E-state index contributed by atoms with van der Waals surface area (Å²) in [6, 6.07) is 5.01. The molecule has 2 heteroatoms. The van der Waals surface area contributed by atoms with Crippen LogP contribution in [-0.4, -0.2) is 6.04 Å². The molecule has 0 aliphatic carbocycles. The SMILES string of the molecule is CC[C@@H](C)NCc1ccc(C)s1. The first kappa shape index (κ1) is 9.75. The fraction of sp³-hybridized carbons (Fsp3) is 0.600. The molecule has 1 heterocycles. The van der Waals surface area contributed by atoms with Crippen LogP contribution >= 0.6 is 11.3 Å². The van der Waals surface area contributed by atoms with Gasteiger partial charge in [-0.2, -0.15) is 0 Å². The summed E-state index contributed by atoms with van der Waals surface area (Å²) in [4.78, 5) is 2.84. The van der Waals surface area contributed by atoms with Crippen LogP contribution in [0.1, 0.15) is 30.0 Å². The molecule has 12 heavy (non-hydrogen) atoms. The molecule has 1 atom stereocenters. The molecule has 0 amide bonds. The van der Waals surface area contributed by atoms with E-state index in [0.29, 0.717) is 6.04 Å². The summed E-state index contributed by atoms with van der Waals surface area (Å²) in [5, 5.41) is 3.47. The Kier molecular flexibility index (Phi) is 3.76. The lowest BCUT2D eigenvalue weighted by atomic mass is 10.2. The van der Waals surface area contributed by atoms with Gasteiger partial charge in [0.25, 0.3) is 0 Å². The van der Waals surface area contributed by atoms with Gasteiger partial charge in [0, 0.05) is 22.3 Å². The van der Waals surface area contributed by atoms with Gasteiger partial charge in [0.05, 0.1) is 0 Å². The van der Waals surface area contributed by atoms with Crippen molar-refractivity contribution in [1.82, 2.24) is 5.32 Å². The average Bonchev–Trinajstić information content (AvgIpc) is 2.47. The van der Waals surface area contributed by atoms with E-state index in [1.807, 2.05) is 11.3 Å². The van der Waals surface area contributed by atoms with Gasteiger partial charge < -0.3 is 5.32 Å². The Morgan fingerprint density at radius 2 is 2.25 bits per heavy atom. The van der Waals surface area contributed by atoms with Crippen molar-refractivity contribution in [3.05, 3.63) is 21.9 Å². The van der Waals surface area contributed by atoms with E-state index in [0.717, 1.165) is 6.54 Å². The van der Waals surface area contributed by atoms with E-state index in [1.54, 1.807) is 0 Å². The molecule has 0 radical (unpaired) electrons. The Morgan fingerprint density at radius 1 is 1.50 bits per heavy atom. The molecular formula is C10H17NS. The second-order valence-corrected chi connectivity index (χ2v) is 4.58. The maximum atomic E-state index is 3.47. The molecule has 1 aromatic rings. The van der Waals surface area contributed by atoms with Crippen LogP contribution in [-0.2, 0) is 6.54 Å². The minimum absolute atomic E-state index is 0.632. The van der Waals surface area contributed by atoms with Crippen molar-refractivity contribution < 1.29 is 0 Å². The molecule has 1 aromatic heterocycles. The van der Waals surface area contributed by atoms with Gasteiger partial charge in [0.15, 0.2) is 0 Å². The van der Waals surface area contributed by atoms with Crippen LogP contribution in [0.5, 0.6) is 0 Å². The van der Waals surface area contributed by atoms with Crippen LogP contribution in [0, 0.1) is 6.92 Å². The highest BCUT2D eigenvalue weighted by molar-refractivity contribution is 7.11. The number of nitrogens with one attached hydrogen (secondary N) is 1. The van der Waals surface area contributed by atoms with E-state index >= 15 is 0 Å². The van der Waals surface area contributed by atoms with Gasteiger partial charge in [-0.1, -0.05) is 6.92 Å². The summed E-state index contributed by atoms with van der Waals surface area (Å²) in [5.41, 5.74) is 0. The zero-order valence-electron chi connectivity index (χ0n) is 8.05. The molecule has 1 N–H and O–H groups in total. The lowest BCUT2D eigenvalue weighted by Crippen LogP contribution is -2.23. The molecule has 68 valence electrons. The Labute approximate surface area is 78.8 Å². The van der Waals surface area contributed by atoms with E-state index < -0.39 is 0 Å². The summed E-state index contributed by atoms with van der Waals surface area (Å²) in [6.07, 6.45) is 1.20. The monoisotopic (exact) mass is 183 g/mol. The van der Waals surface area contributed by atoms with Crippen molar-refractivity contribution in [2.75, 3.05) is 0 Å². The van der Waals surface area contributed by atoms with E-state index in [-0.39, 0.29) is 0 Å². The Bertz CT molecular complexity index is 229. The van der Waals surface area contributed by atoms with E-state index in [2.05, 4.69) is 38.2 Å². The highest BCUT2D eigenvalue weighted by Crippen LogP contribution is 2.14. The molecule has 0 bridgehead atoms. The minimum Gasteiger partial charge on any atom is -0.309 e. The standard InChI is InChI=1S/C10H17NS/c1-4-8(2)11-7-10-6-5-9(3)12-10/h5-6,8,11H,4,7H2,1-3H3/t8-/m1/s1. The van der Waals surface area contributed by atoms with Crippen molar-refractivity contribution in [1.29, 1.82) is 0 Å². The first-order chi connectivity index (χ1) is 5.72. The summed E-state index contributed by atoms with van der Waals surface area (Å²) >= 11 is 1.88. The summed E-state index contributed by atoms with van der Waals surface area (Å²) in [6.45, 7) is 7.60. The minimum atomic E-state index is 0.632. The van der Waals surface area contributed by atoms with Gasteiger partial charge in [-0.05, 0) is 32.4 Å². The molecular weight excluding hydrogens is 166 g/mol. The van der Waals surface area contributed by atoms with Crippen LogP contribution < -0.4 is 5.32 Å². The zero-order chi connectivity index (χ0) is 8.97. The highest BCUT2D eigenvalue weighted by Gasteiger charge is 1.99. The first-order valence-corrected chi connectivity index (χ1v) is 5.32. The smallest absolute Gasteiger partial charge is 0.0302 e.